The molecular formula is C20H20N2O4S2. The summed E-state index contributed by atoms with van der Waals surface area (Å²) in [6, 6.07) is 7.82. The molecule has 0 saturated carbocycles. The van der Waals surface area contributed by atoms with E-state index in [1.807, 2.05) is 38.1 Å². The SMILES string of the molecule is COC(=O)c1c(NC(=O)c2sc(=O)n(C)c2C)sc(C)c1-c1ccc(C)cc1. The third-order valence-corrected chi connectivity index (χ3v) is 6.70. The maximum Gasteiger partial charge on any atom is 0.341 e. The van der Waals surface area contributed by atoms with Crippen LogP contribution in [0.4, 0.5) is 5.00 Å². The largest absolute Gasteiger partial charge is 0.465 e. The summed E-state index contributed by atoms with van der Waals surface area (Å²) in [5.41, 5.74) is 3.63. The molecule has 0 fully saturated rings. The van der Waals surface area contributed by atoms with E-state index in [0.29, 0.717) is 21.1 Å². The van der Waals surface area contributed by atoms with Gasteiger partial charge in [-0.05, 0) is 26.3 Å². The van der Waals surface area contributed by atoms with Crippen molar-refractivity contribution in [2.75, 3.05) is 12.4 Å². The van der Waals surface area contributed by atoms with Crippen LogP contribution in [0.15, 0.2) is 29.1 Å². The summed E-state index contributed by atoms with van der Waals surface area (Å²) in [4.78, 5) is 38.1. The molecule has 1 amide bonds. The maximum atomic E-state index is 12.8. The first-order chi connectivity index (χ1) is 13.2. The molecule has 0 unspecified atom stereocenters. The molecule has 6 nitrogen and oxygen atoms in total. The molecule has 2 heterocycles. The van der Waals surface area contributed by atoms with Crippen LogP contribution in [-0.4, -0.2) is 23.6 Å². The molecule has 28 heavy (non-hydrogen) atoms. The van der Waals surface area contributed by atoms with E-state index in [2.05, 4.69) is 5.32 Å². The van der Waals surface area contributed by atoms with Crippen molar-refractivity contribution >= 4 is 39.6 Å². The van der Waals surface area contributed by atoms with E-state index < -0.39 is 11.9 Å². The van der Waals surface area contributed by atoms with Gasteiger partial charge < -0.3 is 14.6 Å². The number of methoxy groups -OCH3 is 1. The Bertz CT molecular complexity index is 1120. The lowest BCUT2D eigenvalue weighted by molar-refractivity contribution is 0.0603. The van der Waals surface area contributed by atoms with Crippen LogP contribution in [0.5, 0.6) is 0 Å². The number of aromatic nitrogens is 1. The van der Waals surface area contributed by atoms with E-state index in [4.69, 9.17) is 4.74 Å². The molecule has 0 aliphatic heterocycles. The van der Waals surface area contributed by atoms with E-state index in [-0.39, 0.29) is 4.87 Å². The smallest absolute Gasteiger partial charge is 0.341 e. The molecule has 0 bridgehead atoms. The van der Waals surface area contributed by atoms with Crippen molar-refractivity contribution in [1.82, 2.24) is 4.57 Å². The van der Waals surface area contributed by atoms with Gasteiger partial charge in [-0.3, -0.25) is 9.59 Å². The van der Waals surface area contributed by atoms with Gasteiger partial charge in [-0.1, -0.05) is 41.2 Å². The van der Waals surface area contributed by atoms with Crippen LogP contribution >= 0.6 is 22.7 Å². The number of hydrogen-bond acceptors (Lipinski definition) is 6. The van der Waals surface area contributed by atoms with Crippen LogP contribution in [0.1, 0.15) is 36.2 Å². The minimum Gasteiger partial charge on any atom is -0.465 e. The Morgan fingerprint density at radius 2 is 1.71 bits per heavy atom. The highest BCUT2D eigenvalue weighted by Crippen LogP contribution is 2.40. The average Bonchev–Trinajstić information content (AvgIpc) is 3.12. The molecule has 0 spiro atoms. The first-order valence-electron chi connectivity index (χ1n) is 8.51. The van der Waals surface area contributed by atoms with E-state index in [9.17, 15) is 14.4 Å². The highest BCUT2D eigenvalue weighted by Gasteiger charge is 2.26. The number of thiophene rings is 1. The molecule has 0 atom stereocenters. The quantitative estimate of drug-likeness (QED) is 0.649. The molecule has 0 aliphatic rings. The number of aryl methyl sites for hydroxylation is 2. The van der Waals surface area contributed by atoms with Crippen LogP contribution in [0, 0.1) is 20.8 Å². The fourth-order valence-electron chi connectivity index (χ4n) is 2.89. The first kappa shape index (κ1) is 20.0. The summed E-state index contributed by atoms with van der Waals surface area (Å²) < 4.78 is 6.40. The number of nitrogens with one attached hydrogen (secondary N) is 1. The minimum atomic E-state index is -0.520. The molecule has 146 valence electrons. The number of ether oxygens (including phenoxy) is 1. The van der Waals surface area contributed by atoms with Crippen LogP contribution in [-0.2, 0) is 11.8 Å². The Labute approximate surface area is 170 Å². The summed E-state index contributed by atoms with van der Waals surface area (Å²) in [6.45, 7) is 5.60. The Morgan fingerprint density at radius 3 is 2.25 bits per heavy atom. The number of carbonyl (C=O) groups is 2. The van der Waals surface area contributed by atoms with Crippen LogP contribution in [0.3, 0.4) is 0 Å². The van der Waals surface area contributed by atoms with Crippen LogP contribution in [0.2, 0.25) is 0 Å². The van der Waals surface area contributed by atoms with Crippen molar-refractivity contribution in [2.45, 2.75) is 20.8 Å². The fraction of sp³-hybridized carbons (Fsp3) is 0.250. The Morgan fingerprint density at radius 1 is 1.07 bits per heavy atom. The van der Waals surface area contributed by atoms with Gasteiger partial charge in [-0.15, -0.1) is 11.3 Å². The third kappa shape index (κ3) is 3.53. The average molecular weight is 417 g/mol. The molecule has 0 radical (unpaired) electrons. The number of rotatable bonds is 4. The Kier molecular flexibility index (Phi) is 5.53. The van der Waals surface area contributed by atoms with Crippen LogP contribution < -0.4 is 10.2 Å². The molecule has 1 aromatic carbocycles. The van der Waals surface area contributed by atoms with Crippen molar-refractivity contribution in [3.63, 3.8) is 0 Å². The molecule has 8 heteroatoms. The van der Waals surface area contributed by atoms with E-state index in [1.165, 1.54) is 23.0 Å². The number of thiazole rings is 1. The molecule has 3 rings (SSSR count). The number of hydrogen-bond donors (Lipinski definition) is 1. The van der Waals surface area contributed by atoms with Gasteiger partial charge in [0.05, 0.1) is 7.11 Å². The van der Waals surface area contributed by atoms with Gasteiger partial charge in [-0.2, -0.15) is 0 Å². The van der Waals surface area contributed by atoms with E-state index >= 15 is 0 Å². The van der Waals surface area contributed by atoms with Gasteiger partial charge in [0.15, 0.2) is 0 Å². The monoisotopic (exact) mass is 416 g/mol. The van der Waals surface area contributed by atoms with Crippen molar-refractivity contribution in [3.05, 3.63) is 60.5 Å². The fourth-order valence-corrected chi connectivity index (χ4v) is 4.82. The predicted octanol–water partition coefficient (Wildman–Crippen LogP) is 4.14. The predicted molar refractivity (Wildman–Crippen MR) is 113 cm³/mol. The van der Waals surface area contributed by atoms with Gasteiger partial charge in [0, 0.05) is 23.2 Å². The summed E-state index contributed by atoms with van der Waals surface area (Å²) in [6.07, 6.45) is 0. The second-order valence-corrected chi connectivity index (χ2v) is 8.58. The van der Waals surface area contributed by atoms with Gasteiger partial charge in [0.2, 0.25) is 0 Å². The number of amides is 1. The van der Waals surface area contributed by atoms with Gasteiger partial charge in [-0.25, -0.2) is 4.79 Å². The summed E-state index contributed by atoms with van der Waals surface area (Å²) in [7, 11) is 2.93. The summed E-state index contributed by atoms with van der Waals surface area (Å²) in [5.74, 6) is -0.935. The van der Waals surface area contributed by atoms with Crippen molar-refractivity contribution in [1.29, 1.82) is 0 Å². The number of benzene rings is 1. The van der Waals surface area contributed by atoms with E-state index in [0.717, 1.165) is 32.9 Å². The molecule has 2 aromatic heterocycles. The minimum absolute atomic E-state index is 0.210. The molecule has 1 N–H and O–H groups in total. The number of carbonyl (C=O) groups excluding carboxylic acids is 2. The molecule has 0 aliphatic carbocycles. The standard InChI is InChI=1S/C20H20N2O4S2/c1-10-6-8-13(9-7-10)14-12(3)27-18(15(14)19(24)26-5)21-17(23)16-11(2)22(4)20(25)28-16/h6-9H,1-5H3,(H,21,23). The molecular weight excluding hydrogens is 396 g/mol. The molecule has 0 saturated heterocycles. The Balaban J connectivity index is 2.08. The highest BCUT2D eigenvalue weighted by molar-refractivity contribution is 7.17. The Hall–Kier alpha value is -2.71. The number of nitrogens with zero attached hydrogens (tertiary/aromatic N) is 1. The number of esters is 1. The lowest BCUT2D eigenvalue weighted by Crippen LogP contribution is -2.14. The zero-order chi connectivity index (χ0) is 20.6. The summed E-state index contributed by atoms with van der Waals surface area (Å²) >= 11 is 2.19. The highest BCUT2D eigenvalue weighted by atomic mass is 32.1. The van der Waals surface area contributed by atoms with E-state index in [1.54, 1.807) is 14.0 Å². The van der Waals surface area contributed by atoms with Gasteiger partial charge in [0.25, 0.3) is 5.91 Å². The second-order valence-electron chi connectivity index (χ2n) is 6.39. The van der Waals surface area contributed by atoms with Gasteiger partial charge in [0.1, 0.15) is 15.4 Å². The van der Waals surface area contributed by atoms with Crippen molar-refractivity contribution < 1.29 is 14.3 Å². The topological polar surface area (TPSA) is 77.4 Å². The zero-order valence-electron chi connectivity index (χ0n) is 16.2. The molecule has 3 aromatic rings. The lowest BCUT2D eigenvalue weighted by Gasteiger charge is -2.08. The maximum absolute atomic E-state index is 12.8. The third-order valence-electron chi connectivity index (χ3n) is 4.54. The first-order valence-corrected chi connectivity index (χ1v) is 10.1. The second kappa shape index (κ2) is 7.73. The zero-order valence-corrected chi connectivity index (χ0v) is 17.8. The number of anilines is 1. The lowest BCUT2D eigenvalue weighted by atomic mass is 10.0. The summed E-state index contributed by atoms with van der Waals surface area (Å²) in [5, 5.41) is 3.21. The normalized spacial score (nSPS) is 10.8. The van der Waals surface area contributed by atoms with Crippen molar-refractivity contribution in [2.24, 2.45) is 7.05 Å². The van der Waals surface area contributed by atoms with Crippen LogP contribution in [0.25, 0.3) is 11.1 Å². The van der Waals surface area contributed by atoms with Gasteiger partial charge >= 0.3 is 10.8 Å². The van der Waals surface area contributed by atoms with Crippen molar-refractivity contribution in [3.8, 4) is 11.1 Å².